The topological polar surface area (TPSA) is 35.2 Å². The van der Waals surface area contributed by atoms with Gasteiger partial charge in [0.25, 0.3) is 0 Å². The molecule has 18 heavy (non-hydrogen) atoms. The Balaban J connectivity index is 1.66. The summed E-state index contributed by atoms with van der Waals surface area (Å²) < 4.78 is 5.81. The Morgan fingerprint density at radius 3 is 2.56 bits per heavy atom. The summed E-state index contributed by atoms with van der Waals surface area (Å²) in [6.45, 7) is 0.612. The Hall–Kier alpha value is -1.80. The molecule has 2 nitrogen and oxygen atoms in total. The first-order valence-electron chi connectivity index (χ1n) is 6.35. The van der Waals surface area contributed by atoms with Gasteiger partial charge in [-0.1, -0.05) is 42.5 Å². The zero-order valence-electron chi connectivity index (χ0n) is 10.3. The van der Waals surface area contributed by atoms with Crippen LogP contribution in [0, 0.1) is 0 Å². The normalized spacial score (nSPS) is 21.6. The molecule has 2 heteroatoms. The first-order valence-corrected chi connectivity index (χ1v) is 6.35. The highest BCUT2D eigenvalue weighted by Crippen LogP contribution is 2.39. The summed E-state index contributed by atoms with van der Waals surface area (Å²) >= 11 is 0. The summed E-state index contributed by atoms with van der Waals surface area (Å²) in [6, 6.07) is 18.8. The maximum atomic E-state index is 5.87. The number of ether oxygens (including phenoxy) is 1. The van der Waals surface area contributed by atoms with Gasteiger partial charge in [-0.2, -0.15) is 0 Å². The van der Waals surface area contributed by atoms with E-state index in [0.29, 0.717) is 18.6 Å². The van der Waals surface area contributed by atoms with Gasteiger partial charge < -0.3 is 10.5 Å². The first-order chi connectivity index (χ1) is 8.83. The van der Waals surface area contributed by atoms with Crippen molar-refractivity contribution in [2.24, 2.45) is 5.73 Å². The van der Waals surface area contributed by atoms with E-state index in [2.05, 4.69) is 24.3 Å². The van der Waals surface area contributed by atoms with Gasteiger partial charge in [0.1, 0.15) is 12.4 Å². The molecular weight excluding hydrogens is 222 g/mol. The van der Waals surface area contributed by atoms with E-state index in [4.69, 9.17) is 10.5 Å². The van der Waals surface area contributed by atoms with E-state index in [0.717, 1.165) is 12.2 Å². The fourth-order valence-corrected chi connectivity index (χ4v) is 2.17. The zero-order valence-corrected chi connectivity index (χ0v) is 10.3. The van der Waals surface area contributed by atoms with E-state index in [1.54, 1.807) is 0 Å². The van der Waals surface area contributed by atoms with Crippen molar-refractivity contribution in [1.82, 2.24) is 0 Å². The molecule has 0 aromatic heterocycles. The molecule has 1 aliphatic carbocycles. The van der Waals surface area contributed by atoms with Crippen molar-refractivity contribution in [3.05, 3.63) is 65.7 Å². The molecule has 0 bridgehead atoms. The standard InChI is InChI=1S/C16H17NO/c17-16-10-15(16)13-7-4-8-14(9-13)18-11-12-5-2-1-3-6-12/h1-9,15-16H,10-11,17H2. The molecule has 2 N–H and O–H groups in total. The van der Waals surface area contributed by atoms with Gasteiger partial charge in [0.05, 0.1) is 0 Å². The highest BCUT2D eigenvalue weighted by molar-refractivity contribution is 5.35. The Morgan fingerprint density at radius 2 is 1.83 bits per heavy atom. The van der Waals surface area contributed by atoms with Crippen LogP contribution >= 0.6 is 0 Å². The quantitative estimate of drug-likeness (QED) is 0.890. The van der Waals surface area contributed by atoms with Crippen molar-refractivity contribution in [2.45, 2.75) is 25.0 Å². The minimum absolute atomic E-state index is 0.342. The van der Waals surface area contributed by atoms with Crippen molar-refractivity contribution in [3.63, 3.8) is 0 Å². The molecule has 92 valence electrons. The molecule has 1 saturated carbocycles. The van der Waals surface area contributed by atoms with Crippen LogP contribution in [-0.2, 0) is 6.61 Å². The predicted octanol–water partition coefficient (Wildman–Crippen LogP) is 3.08. The van der Waals surface area contributed by atoms with Crippen LogP contribution in [0.5, 0.6) is 5.75 Å². The largest absolute Gasteiger partial charge is 0.489 e. The summed E-state index contributed by atoms with van der Waals surface area (Å²) in [5.74, 6) is 1.46. The summed E-state index contributed by atoms with van der Waals surface area (Å²) in [5, 5.41) is 0. The molecule has 1 aliphatic rings. The smallest absolute Gasteiger partial charge is 0.120 e. The fraction of sp³-hybridized carbons (Fsp3) is 0.250. The summed E-state index contributed by atoms with van der Waals surface area (Å²) in [6.07, 6.45) is 1.10. The van der Waals surface area contributed by atoms with Gasteiger partial charge in [-0.15, -0.1) is 0 Å². The molecule has 0 spiro atoms. The monoisotopic (exact) mass is 239 g/mol. The number of nitrogens with two attached hydrogens (primary N) is 1. The highest BCUT2D eigenvalue weighted by Gasteiger charge is 2.34. The van der Waals surface area contributed by atoms with Crippen LogP contribution in [0.1, 0.15) is 23.5 Å². The molecule has 0 radical (unpaired) electrons. The zero-order chi connectivity index (χ0) is 12.4. The van der Waals surface area contributed by atoms with E-state index in [1.165, 1.54) is 11.1 Å². The number of rotatable bonds is 4. The maximum Gasteiger partial charge on any atom is 0.120 e. The van der Waals surface area contributed by atoms with Crippen LogP contribution in [0.15, 0.2) is 54.6 Å². The minimum atomic E-state index is 0.342. The molecule has 2 atom stereocenters. The van der Waals surface area contributed by atoms with E-state index >= 15 is 0 Å². The lowest BCUT2D eigenvalue weighted by Crippen LogP contribution is -2.01. The molecular formula is C16H17NO. The number of benzene rings is 2. The molecule has 0 heterocycles. The third-order valence-corrected chi connectivity index (χ3v) is 3.37. The Bertz CT molecular complexity index is 524. The Morgan fingerprint density at radius 1 is 1.06 bits per heavy atom. The summed E-state index contributed by atoms with van der Waals surface area (Å²) in [7, 11) is 0. The first kappa shape index (κ1) is 11.3. The minimum Gasteiger partial charge on any atom is -0.489 e. The summed E-state index contributed by atoms with van der Waals surface area (Å²) in [5.41, 5.74) is 8.36. The lowest BCUT2D eigenvalue weighted by molar-refractivity contribution is 0.306. The highest BCUT2D eigenvalue weighted by atomic mass is 16.5. The van der Waals surface area contributed by atoms with Crippen LogP contribution in [-0.4, -0.2) is 6.04 Å². The van der Waals surface area contributed by atoms with E-state index in [1.807, 2.05) is 30.3 Å². The van der Waals surface area contributed by atoms with Crippen LogP contribution < -0.4 is 10.5 Å². The summed E-state index contributed by atoms with van der Waals surface area (Å²) in [4.78, 5) is 0. The van der Waals surface area contributed by atoms with Crippen molar-refractivity contribution >= 4 is 0 Å². The van der Waals surface area contributed by atoms with Gasteiger partial charge in [0.2, 0.25) is 0 Å². The molecule has 0 amide bonds. The maximum absolute atomic E-state index is 5.87. The molecule has 2 unspecified atom stereocenters. The van der Waals surface area contributed by atoms with E-state index in [9.17, 15) is 0 Å². The van der Waals surface area contributed by atoms with Gasteiger partial charge in [0, 0.05) is 12.0 Å². The van der Waals surface area contributed by atoms with Crippen molar-refractivity contribution in [3.8, 4) is 5.75 Å². The molecule has 2 aromatic carbocycles. The SMILES string of the molecule is NC1CC1c1cccc(OCc2ccccc2)c1. The van der Waals surface area contributed by atoms with Crippen LogP contribution in [0.25, 0.3) is 0 Å². The second kappa shape index (κ2) is 4.83. The lowest BCUT2D eigenvalue weighted by Gasteiger charge is -2.08. The van der Waals surface area contributed by atoms with Crippen molar-refractivity contribution < 1.29 is 4.74 Å². The Labute approximate surface area is 107 Å². The third kappa shape index (κ3) is 2.54. The molecule has 2 aromatic rings. The van der Waals surface area contributed by atoms with Crippen LogP contribution in [0.3, 0.4) is 0 Å². The van der Waals surface area contributed by atoms with Gasteiger partial charge in [-0.05, 0) is 29.7 Å². The second-order valence-corrected chi connectivity index (χ2v) is 4.85. The average Bonchev–Trinajstić information content (AvgIpc) is 3.15. The van der Waals surface area contributed by atoms with E-state index in [-0.39, 0.29) is 0 Å². The van der Waals surface area contributed by atoms with Gasteiger partial charge in [0.15, 0.2) is 0 Å². The van der Waals surface area contributed by atoms with Crippen molar-refractivity contribution in [1.29, 1.82) is 0 Å². The van der Waals surface area contributed by atoms with Crippen molar-refractivity contribution in [2.75, 3.05) is 0 Å². The molecule has 3 rings (SSSR count). The van der Waals surface area contributed by atoms with Crippen LogP contribution in [0.4, 0.5) is 0 Å². The molecule has 1 fully saturated rings. The van der Waals surface area contributed by atoms with E-state index < -0.39 is 0 Å². The predicted molar refractivity (Wildman–Crippen MR) is 72.5 cm³/mol. The second-order valence-electron chi connectivity index (χ2n) is 4.85. The number of hydrogen-bond donors (Lipinski definition) is 1. The number of hydrogen-bond acceptors (Lipinski definition) is 2. The lowest BCUT2D eigenvalue weighted by atomic mass is 10.1. The molecule has 0 saturated heterocycles. The van der Waals surface area contributed by atoms with Gasteiger partial charge in [-0.25, -0.2) is 0 Å². The Kier molecular flexibility index (Phi) is 3.03. The average molecular weight is 239 g/mol. The fourth-order valence-electron chi connectivity index (χ4n) is 2.17. The van der Waals surface area contributed by atoms with Gasteiger partial charge in [-0.3, -0.25) is 0 Å². The third-order valence-electron chi connectivity index (χ3n) is 3.37. The van der Waals surface area contributed by atoms with Crippen LogP contribution in [0.2, 0.25) is 0 Å². The molecule has 0 aliphatic heterocycles. The van der Waals surface area contributed by atoms with Gasteiger partial charge >= 0.3 is 0 Å².